The Kier molecular flexibility index (Phi) is 5.28. The monoisotopic (exact) mass is 368 g/mol. The molecule has 0 amide bonds. The molecule has 0 bridgehead atoms. The van der Waals surface area contributed by atoms with E-state index in [1.807, 2.05) is 60.7 Å². The molecule has 0 unspecified atom stereocenters. The molecule has 1 fully saturated rings. The van der Waals surface area contributed by atoms with E-state index in [9.17, 15) is 14.9 Å². The molecular weight excluding hydrogens is 344 g/mol. The van der Waals surface area contributed by atoms with Crippen molar-refractivity contribution >= 4 is 5.97 Å². The van der Waals surface area contributed by atoms with Crippen LogP contribution in [0.4, 0.5) is 0 Å². The molecule has 2 aromatic carbocycles. The minimum absolute atomic E-state index is 0.285. The maximum absolute atomic E-state index is 12.9. The van der Waals surface area contributed by atoms with E-state index in [-0.39, 0.29) is 4.92 Å². The van der Waals surface area contributed by atoms with E-state index in [0.29, 0.717) is 0 Å². The van der Waals surface area contributed by atoms with Crippen molar-refractivity contribution in [2.75, 3.05) is 0 Å². The summed E-state index contributed by atoms with van der Waals surface area (Å²) in [6.07, 6.45) is 0. The number of nitrogens with one attached hydrogen (secondary N) is 1. The molecule has 142 valence electrons. The molecule has 2 aromatic rings. The number of hydrogen-bond acceptors (Lipinski definition) is 5. The summed E-state index contributed by atoms with van der Waals surface area (Å²) in [5, 5.41) is 15.2. The highest BCUT2D eigenvalue weighted by Gasteiger charge is 2.55. The summed E-state index contributed by atoms with van der Waals surface area (Å²) in [6, 6.07) is 16.0. The lowest BCUT2D eigenvalue weighted by atomic mass is 9.85. The predicted molar refractivity (Wildman–Crippen MR) is 102 cm³/mol. The van der Waals surface area contributed by atoms with Crippen molar-refractivity contribution in [2.45, 2.75) is 50.4 Å². The van der Waals surface area contributed by atoms with Gasteiger partial charge in [0.1, 0.15) is 17.7 Å². The number of esters is 1. The summed E-state index contributed by atoms with van der Waals surface area (Å²) in [5.41, 5.74) is 0.863. The first-order valence-corrected chi connectivity index (χ1v) is 9.00. The highest BCUT2D eigenvalue weighted by Crippen LogP contribution is 2.40. The number of rotatable bonds is 4. The number of nitrogens with zero attached hydrogens (tertiary/aromatic N) is 1. The minimum Gasteiger partial charge on any atom is -0.459 e. The van der Waals surface area contributed by atoms with Crippen LogP contribution < -0.4 is 5.32 Å². The number of nitro groups is 1. The highest BCUT2D eigenvalue weighted by atomic mass is 16.6. The van der Waals surface area contributed by atoms with Crippen LogP contribution in [0.2, 0.25) is 0 Å². The van der Waals surface area contributed by atoms with Gasteiger partial charge in [0.15, 0.2) is 0 Å². The molecule has 0 radical (unpaired) electrons. The largest absolute Gasteiger partial charge is 0.459 e. The normalized spacial score (nSPS) is 25.1. The van der Waals surface area contributed by atoms with Crippen LogP contribution in [0.25, 0.3) is 0 Å². The van der Waals surface area contributed by atoms with Crippen LogP contribution in [0.15, 0.2) is 60.7 Å². The van der Waals surface area contributed by atoms with Crippen molar-refractivity contribution in [1.29, 1.82) is 0 Å². The van der Waals surface area contributed by atoms with E-state index in [1.54, 1.807) is 20.8 Å². The second-order valence-corrected chi connectivity index (χ2v) is 7.78. The van der Waals surface area contributed by atoms with Crippen molar-refractivity contribution in [3.05, 3.63) is 81.9 Å². The van der Waals surface area contributed by atoms with E-state index in [1.165, 1.54) is 0 Å². The number of carbonyl (C=O) groups is 1. The van der Waals surface area contributed by atoms with Crippen molar-refractivity contribution in [3.63, 3.8) is 0 Å². The van der Waals surface area contributed by atoms with E-state index < -0.39 is 35.6 Å². The standard InChI is InChI=1S/C21H24N2O4/c1-21(2,3)27-20(24)18-16(14-10-6-4-7-11-14)19(23(25)26)17(22-18)15-12-8-5-9-13-15/h4-13,16-19,22H,1-3H3/t16-,17+,18+,19-/m0/s1. The molecule has 1 N–H and O–H groups in total. The fourth-order valence-electron chi connectivity index (χ4n) is 3.65. The van der Waals surface area contributed by atoms with Crippen molar-refractivity contribution in [3.8, 4) is 0 Å². The summed E-state index contributed by atoms with van der Waals surface area (Å²) in [7, 11) is 0. The quantitative estimate of drug-likeness (QED) is 0.508. The third kappa shape index (κ3) is 4.17. The Morgan fingerprint density at radius 2 is 1.52 bits per heavy atom. The third-order valence-electron chi connectivity index (χ3n) is 4.67. The first-order valence-electron chi connectivity index (χ1n) is 9.00. The van der Waals surface area contributed by atoms with Crippen molar-refractivity contribution < 1.29 is 14.5 Å². The van der Waals surface area contributed by atoms with Gasteiger partial charge in [-0.15, -0.1) is 0 Å². The minimum atomic E-state index is -0.979. The van der Waals surface area contributed by atoms with Crippen LogP contribution in [0, 0.1) is 10.1 Å². The van der Waals surface area contributed by atoms with Gasteiger partial charge in [0.2, 0.25) is 6.04 Å². The number of benzene rings is 2. The number of ether oxygens (including phenoxy) is 1. The van der Waals surface area contributed by atoms with Crippen LogP contribution in [-0.4, -0.2) is 28.6 Å². The lowest BCUT2D eigenvalue weighted by molar-refractivity contribution is -0.527. The van der Waals surface area contributed by atoms with Crippen molar-refractivity contribution in [2.24, 2.45) is 0 Å². The Morgan fingerprint density at radius 3 is 2.00 bits per heavy atom. The fourth-order valence-corrected chi connectivity index (χ4v) is 3.65. The Labute approximate surface area is 158 Å². The van der Waals surface area contributed by atoms with E-state index in [4.69, 9.17) is 4.74 Å². The zero-order valence-corrected chi connectivity index (χ0v) is 15.7. The average molecular weight is 368 g/mol. The van der Waals surface area contributed by atoms with Gasteiger partial charge >= 0.3 is 5.97 Å². The number of carbonyl (C=O) groups excluding carboxylic acids is 1. The lowest BCUT2D eigenvalue weighted by Gasteiger charge is -2.25. The van der Waals surface area contributed by atoms with E-state index in [0.717, 1.165) is 11.1 Å². The van der Waals surface area contributed by atoms with Gasteiger partial charge in [0.05, 0.1) is 5.92 Å². The zero-order chi connectivity index (χ0) is 19.6. The van der Waals surface area contributed by atoms with Gasteiger partial charge < -0.3 is 4.74 Å². The molecule has 6 nitrogen and oxygen atoms in total. The molecule has 0 spiro atoms. The van der Waals surface area contributed by atoms with E-state index in [2.05, 4.69) is 5.32 Å². The molecule has 4 atom stereocenters. The van der Waals surface area contributed by atoms with E-state index >= 15 is 0 Å². The maximum atomic E-state index is 12.9. The Bertz CT molecular complexity index is 802. The Morgan fingerprint density at radius 1 is 1.00 bits per heavy atom. The van der Waals surface area contributed by atoms with Crippen LogP contribution in [0.3, 0.4) is 0 Å². The van der Waals surface area contributed by atoms with Crippen molar-refractivity contribution in [1.82, 2.24) is 5.32 Å². The zero-order valence-electron chi connectivity index (χ0n) is 15.7. The van der Waals surface area contributed by atoms with Gasteiger partial charge in [-0.2, -0.15) is 0 Å². The molecule has 1 aliphatic heterocycles. The van der Waals surface area contributed by atoms with Crippen LogP contribution in [-0.2, 0) is 9.53 Å². The third-order valence-corrected chi connectivity index (χ3v) is 4.67. The lowest BCUT2D eigenvalue weighted by Crippen LogP contribution is -2.41. The molecule has 0 saturated carbocycles. The summed E-state index contributed by atoms with van der Waals surface area (Å²) in [6.45, 7) is 5.37. The molecule has 1 heterocycles. The molecule has 1 aliphatic rings. The second kappa shape index (κ2) is 7.48. The SMILES string of the molecule is CC(C)(C)OC(=O)[C@@H]1N[C@H](c2ccccc2)[C@@H]([N+](=O)[O-])[C@H]1c1ccccc1. The molecule has 3 rings (SSSR count). The van der Waals surface area contributed by atoms with Gasteiger partial charge in [0, 0.05) is 4.92 Å². The summed E-state index contributed by atoms with van der Waals surface area (Å²) < 4.78 is 5.56. The number of hydrogen-bond donors (Lipinski definition) is 1. The Balaban J connectivity index is 2.05. The smallest absolute Gasteiger partial charge is 0.324 e. The molecular formula is C21H24N2O4. The van der Waals surface area contributed by atoms with Crippen LogP contribution in [0.5, 0.6) is 0 Å². The van der Waals surface area contributed by atoms with Gasteiger partial charge in [-0.3, -0.25) is 20.2 Å². The molecule has 27 heavy (non-hydrogen) atoms. The molecule has 1 saturated heterocycles. The maximum Gasteiger partial charge on any atom is 0.324 e. The predicted octanol–water partition coefficient (Wildman–Crippen LogP) is 3.47. The highest BCUT2D eigenvalue weighted by molar-refractivity contribution is 5.78. The van der Waals surface area contributed by atoms with Gasteiger partial charge in [-0.1, -0.05) is 60.7 Å². The van der Waals surface area contributed by atoms with Crippen LogP contribution in [0.1, 0.15) is 43.9 Å². The summed E-state index contributed by atoms with van der Waals surface area (Å²) in [4.78, 5) is 24.6. The Hall–Kier alpha value is -2.73. The second-order valence-electron chi connectivity index (χ2n) is 7.78. The first-order chi connectivity index (χ1) is 12.8. The summed E-state index contributed by atoms with van der Waals surface area (Å²) >= 11 is 0. The van der Waals surface area contributed by atoms with Gasteiger partial charge in [0.25, 0.3) is 0 Å². The molecule has 0 aliphatic carbocycles. The van der Waals surface area contributed by atoms with Gasteiger partial charge in [-0.05, 0) is 31.9 Å². The molecule has 0 aromatic heterocycles. The molecule has 6 heteroatoms. The summed E-state index contributed by atoms with van der Waals surface area (Å²) in [5.74, 6) is -1.09. The van der Waals surface area contributed by atoms with Gasteiger partial charge in [-0.25, -0.2) is 0 Å². The van der Waals surface area contributed by atoms with Crippen LogP contribution >= 0.6 is 0 Å². The average Bonchev–Trinajstić information content (AvgIpc) is 3.03. The topological polar surface area (TPSA) is 81.5 Å². The fraction of sp³-hybridized carbons (Fsp3) is 0.381. The first kappa shape index (κ1) is 19.0.